The van der Waals surface area contributed by atoms with Crippen LogP contribution in [0.2, 0.25) is 0 Å². The highest BCUT2D eigenvalue weighted by Crippen LogP contribution is 2.45. The summed E-state index contributed by atoms with van der Waals surface area (Å²) in [6, 6.07) is 8.67. The van der Waals surface area contributed by atoms with Crippen LogP contribution in [0.3, 0.4) is 0 Å². The minimum absolute atomic E-state index is 0.269. The van der Waals surface area contributed by atoms with Crippen LogP contribution in [-0.2, 0) is 10.6 Å². The first-order valence-electron chi connectivity index (χ1n) is 7.49. The second-order valence-corrected chi connectivity index (χ2v) is 5.81. The Hall–Kier alpha value is -2.67. The number of guanidine groups is 1. The molecule has 5 nitrogen and oxygen atoms in total. The minimum atomic E-state index is -0.964. The van der Waals surface area contributed by atoms with Crippen LogP contribution in [0.4, 0.5) is 8.78 Å². The molecule has 0 saturated carbocycles. The molecule has 2 N–H and O–H groups in total. The van der Waals surface area contributed by atoms with Crippen LogP contribution in [0, 0.1) is 11.6 Å². The van der Waals surface area contributed by atoms with E-state index in [-0.39, 0.29) is 5.96 Å². The summed E-state index contributed by atoms with van der Waals surface area (Å²) < 4.78 is 32.7. The number of halogens is 2. The van der Waals surface area contributed by atoms with Gasteiger partial charge in [0.25, 0.3) is 0 Å². The fraction of sp³-hybridized carbons (Fsp3) is 0.235. The van der Waals surface area contributed by atoms with Gasteiger partial charge in [0.1, 0.15) is 17.4 Å². The zero-order valence-electron chi connectivity index (χ0n) is 12.9. The van der Waals surface area contributed by atoms with Crippen LogP contribution in [-0.4, -0.2) is 24.7 Å². The van der Waals surface area contributed by atoms with Crippen molar-refractivity contribution in [2.45, 2.75) is 12.1 Å². The molecule has 7 heteroatoms. The Morgan fingerprint density at radius 1 is 1.12 bits per heavy atom. The number of nitrogens with zero attached hydrogens (tertiary/aromatic N) is 2. The lowest BCUT2D eigenvalue weighted by molar-refractivity contribution is -0.183. The third kappa shape index (κ3) is 2.28. The maximum Gasteiger partial charge on any atom is 0.221 e. The van der Waals surface area contributed by atoms with Crippen molar-refractivity contribution in [1.29, 1.82) is 0 Å². The molecule has 0 aliphatic carbocycles. The number of nitrogens with two attached hydrogens (primary N) is 1. The smallest absolute Gasteiger partial charge is 0.221 e. The summed E-state index contributed by atoms with van der Waals surface area (Å²) in [5.74, 6) is -0.376. The lowest BCUT2D eigenvalue weighted by atomic mass is 9.93. The molecule has 0 radical (unpaired) electrons. The first kappa shape index (κ1) is 14.9. The molecule has 2 aromatic rings. The largest absolute Gasteiger partial charge is 0.493 e. The minimum Gasteiger partial charge on any atom is -0.493 e. The molecule has 0 amide bonds. The number of hydrogen-bond donors (Lipinski definition) is 1. The third-order valence-corrected chi connectivity index (χ3v) is 4.20. The van der Waals surface area contributed by atoms with Gasteiger partial charge in [0.05, 0.1) is 12.2 Å². The summed E-state index contributed by atoms with van der Waals surface area (Å²) in [4.78, 5) is 10.3. The fourth-order valence-corrected chi connectivity index (χ4v) is 3.06. The Labute approximate surface area is 137 Å². The average Bonchev–Trinajstić information content (AvgIpc) is 2.81. The summed E-state index contributed by atoms with van der Waals surface area (Å²) >= 11 is 0. The van der Waals surface area contributed by atoms with Crippen LogP contribution < -0.4 is 10.5 Å². The molecule has 2 aliphatic heterocycles. The molecule has 2 aliphatic rings. The molecule has 4 rings (SSSR count). The van der Waals surface area contributed by atoms with Crippen molar-refractivity contribution < 1.29 is 18.4 Å². The number of benzene rings is 2. The van der Waals surface area contributed by atoms with Gasteiger partial charge in [0.2, 0.25) is 11.7 Å². The number of hydrogen-bond acceptors (Lipinski definition) is 5. The van der Waals surface area contributed by atoms with Gasteiger partial charge in [-0.1, -0.05) is 6.07 Å². The van der Waals surface area contributed by atoms with Gasteiger partial charge in [0.15, 0.2) is 0 Å². The van der Waals surface area contributed by atoms with Crippen LogP contribution in [0.15, 0.2) is 41.4 Å². The van der Waals surface area contributed by atoms with Crippen molar-refractivity contribution in [2.75, 3.05) is 13.7 Å². The van der Waals surface area contributed by atoms with Gasteiger partial charge < -0.3 is 10.5 Å². The molecule has 0 unspecified atom stereocenters. The van der Waals surface area contributed by atoms with Crippen molar-refractivity contribution in [3.63, 3.8) is 0 Å². The predicted octanol–water partition coefficient (Wildman–Crippen LogP) is 2.76. The molecule has 0 saturated heterocycles. The van der Waals surface area contributed by atoms with Crippen molar-refractivity contribution in [3.8, 4) is 16.9 Å². The van der Waals surface area contributed by atoms with Crippen molar-refractivity contribution in [1.82, 2.24) is 5.06 Å². The fourth-order valence-electron chi connectivity index (χ4n) is 3.06. The summed E-state index contributed by atoms with van der Waals surface area (Å²) in [6.07, 6.45) is 0.492. The van der Waals surface area contributed by atoms with Crippen LogP contribution in [0.1, 0.15) is 12.0 Å². The highest BCUT2D eigenvalue weighted by Gasteiger charge is 2.45. The Bertz CT molecular complexity index is 835. The van der Waals surface area contributed by atoms with Crippen molar-refractivity contribution >= 4 is 5.96 Å². The molecule has 2 heterocycles. The van der Waals surface area contributed by atoms with Gasteiger partial charge in [-0.2, -0.15) is 0 Å². The van der Waals surface area contributed by atoms with E-state index in [1.807, 2.05) is 0 Å². The zero-order valence-corrected chi connectivity index (χ0v) is 12.9. The lowest BCUT2D eigenvalue weighted by Crippen LogP contribution is -2.35. The molecule has 2 aromatic carbocycles. The van der Waals surface area contributed by atoms with E-state index in [9.17, 15) is 8.78 Å². The van der Waals surface area contributed by atoms with Gasteiger partial charge in [-0.05, 0) is 35.4 Å². The molecule has 124 valence electrons. The van der Waals surface area contributed by atoms with E-state index in [4.69, 9.17) is 15.3 Å². The zero-order chi connectivity index (χ0) is 16.9. The Balaban J connectivity index is 1.85. The maximum absolute atomic E-state index is 13.5. The molecule has 0 bridgehead atoms. The van der Waals surface area contributed by atoms with E-state index >= 15 is 0 Å². The first-order valence-corrected chi connectivity index (χ1v) is 7.49. The first-order chi connectivity index (χ1) is 11.5. The highest BCUT2D eigenvalue weighted by molar-refractivity contribution is 5.79. The number of fused-ring (bicyclic) bond motifs is 2. The molecule has 1 atom stereocenters. The quantitative estimate of drug-likeness (QED) is 0.873. The molecule has 0 fully saturated rings. The van der Waals surface area contributed by atoms with E-state index in [0.29, 0.717) is 35.5 Å². The van der Waals surface area contributed by atoms with Gasteiger partial charge >= 0.3 is 0 Å². The number of aliphatic imine (C=N–C) groups is 1. The topological polar surface area (TPSA) is 60.1 Å². The lowest BCUT2D eigenvalue weighted by Gasteiger charge is -2.32. The van der Waals surface area contributed by atoms with Crippen LogP contribution in [0.5, 0.6) is 5.75 Å². The van der Waals surface area contributed by atoms with E-state index in [0.717, 1.165) is 6.07 Å². The second kappa shape index (κ2) is 5.17. The van der Waals surface area contributed by atoms with Crippen LogP contribution in [0.25, 0.3) is 11.1 Å². The normalized spacial score (nSPS) is 22.3. The monoisotopic (exact) mass is 331 g/mol. The van der Waals surface area contributed by atoms with Crippen molar-refractivity contribution in [3.05, 3.63) is 53.6 Å². The Morgan fingerprint density at radius 3 is 2.54 bits per heavy atom. The van der Waals surface area contributed by atoms with Gasteiger partial charge in [0, 0.05) is 19.5 Å². The Morgan fingerprint density at radius 2 is 1.88 bits per heavy atom. The maximum atomic E-state index is 13.5. The number of rotatable bonds is 1. The van der Waals surface area contributed by atoms with Crippen LogP contribution >= 0.6 is 0 Å². The number of ether oxygens (including phenoxy) is 1. The summed E-state index contributed by atoms with van der Waals surface area (Å²) in [5, 5.41) is 1.41. The molecular weight excluding hydrogens is 316 g/mol. The van der Waals surface area contributed by atoms with E-state index in [2.05, 4.69) is 4.99 Å². The summed E-state index contributed by atoms with van der Waals surface area (Å²) in [6.45, 7) is 0.436. The van der Waals surface area contributed by atoms with E-state index < -0.39 is 17.4 Å². The Kier molecular flexibility index (Phi) is 3.21. The van der Waals surface area contributed by atoms with E-state index in [1.165, 1.54) is 17.2 Å². The molecular formula is C17H15F2N3O2. The third-order valence-electron chi connectivity index (χ3n) is 4.20. The molecule has 0 aromatic heterocycles. The number of hydroxylamine groups is 2. The molecule has 24 heavy (non-hydrogen) atoms. The molecule has 1 spiro atoms. The predicted molar refractivity (Wildman–Crippen MR) is 84.1 cm³/mol. The average molecular weight is 331 g/mol. The van der Waals surface area contributed by atoms with Gasteiger partial charge in [-0.15, -0.1) is 0 Å². The SMILES string of the molecule is CN1O[C@]2(CCOc3ccc(-c4cc(F)cc(F)c4)cc32)N=C1N. The van der Waals surface area contributed by atoms with Gasteiger partial charge in [-0.25, -0.2) is 23.7 Å². The summed E-state index contributed by atoms with van der Waals surface area (Å²) in [5.41, 5.74) is 6.63. The standard InChI is InChI=1S/C17H15F2N3O2/c1-22-16(20)21-17(24-22)4-5-23-15-3-2-10(8-14(15)17)11-6-12(18)9-13(19)7-11/h2-3,6-9H,4-5H2,1H3,(H2,20,21)/t17-/m0/s1. The highest BCUT2D eigenvalue weighted by atomic mass is 19.1. The van der Waals surface area contributed by atoms with E-state index in [1.54, 1.807) is 25.2 Å². The second-order valence-electron chi connectivity index (χ2n) is 5.81. The van der Waals surface area contributed by atoms with Gasteiger partial charge in [-0.3, -0.25) is 0 Å². The summed E-state index contributed by atoms with van der Waals surface area (Å²) in [7, 11) is 1.68. The van der Waals surface area contributed by atoms with Crippen molar-refractivity contribution in [2.24, 2.45) is 10.7 Å².